The molecule has 1 atom stereocenters. The zero-order chi connectivity index (χ0) is 23.3. The van der Waals surface area contributed by atoms with Gasteiger partial charge in [0.25, 0.3) is 5.91 Å². The minimum atomic E-state index is -0.750. The summed E-state index contributed by atoms with van der Waals surface area (Å²) in [6, 6.07) is 8.07. The molecule has 1 unspecified atom stereocenters. The van der Waals surface area contributed by atoms with Crippen molar-refractivity contribution in [1.29, 1.82) is 0 Å². The molecule has 1 fully saturated rings. The second kappa shape index (κ2) is 11.3. The first-order chi connectivity index (χ1) is 15.2. The summed E-state index contributed by atoms with van der Waals surface area (Å²) in [6.45, 7) is 7.81. The van der Waals surface area contributed by atoms with Crippen LogP contribution in [0.5, 0.6) is 0 Å². The Labute approximate surface area is 211 Å². The van der Waals surface area contributed by atoms with Crippen molar-refractivity contribution in [1.82, 2.24) is 14.7 Å². The molecule has 0 saturated carbocycles. The summed E-state index contributed by atoms with van der Waals surface area (Å²) in [4.78, 5) is 29.9. The number of aliphatic hydroxyl groups excluding tert-OH is 1. The van der Waals surface area contributed by atoms with Gasteiger partial charge in [-0.3, -0.25) is 9.69 Å². The number of hydrogen-bond acceptors (Lipinski definition) is 6. The standard InChI is InChI=1S/C22H29ClIN3O4S/c1-16-3-5-17(6-4-16)13-27-8-7-18(19(28)20(27)29)14-25-9-11-26(12-10-25)21(30)31-22(2,15-24)32-23/h3-6,28H,7-15H2,1-2H3. The quantitative estimate of drug-likeness (QED) is 0.288. The fraction of sp³-hybridized carbons (Fsp3) is 0.545. The minimum Gasteiger partial charge on any atom is -0.503 e. The second-order valence-corrected chi connectivity index (χ2v) is 10.6. The second-order valence-electron chi connectivity index (χ2n) is 8.39. The van der Waals surface area contributed by atoms with Gasteiger partial charge in [0.2, 0.25) is 0 Å². The van der Waals surface area contributed by atoms with E-state index in [0.29, 0.717) is 56.7 Å². The van der Waals surface area contributed by atoms with E-state index in [0.717, 1.165) is 22.1 Å². The molecule has 176 valence electrons. The molecule has 0 aliphatic carbocycles. The van der Waals surface area contributed by atoms with Gasteiger partial charge in [-0.25, -0.2) is 4.79 Å². The molecule has 1 aromatic carbocycles. The van der Waals surface area contributed by atoms with E-state index in [1.54, 1.807) is 16.7 Å². The van der Waals surface area contributed by atoms with Gasteiger partial charge in [0.05, 0.1) is 4.43 Å². The van der Waals surface area contributed by atoms with Gasteiger partial charge in [-0.15, -0.1) is 0 Å². The molecule has 0 radical (unpaired) electrons. The number of hydrogen-bond donors (Lipinski definition) is 1. The van der Waals surface area contributed by atoms with Crippen LogP contribution < -0.4 is 0 Å². The van der Waals surface area contributed by atoms with Crippen molar-refractivity contribution in [3.8, 4) is 0 Å². The third-order valence-electron chi connectivity index (χ3n) is 5.76. The minimum absolute atomic E-state index is 0.137. The number of rotatable bonds is 7. The first kappa shape index (κ1) is 25.5. The number of benzene rings is 1. The van der Waals surface area contributed by atoms with E-state index >= 15 is 0 Å². The van der Waals surface area contributed by atoms with Crippen LogP contribution in [0.2, 0.25) is 0 Å². The molecular formula is C22H29ClIN3O4S. The predicted octanol–water partition coefficient (Wildman–Crippen LogP) is 4.33. The highest BCUT2D eigenvalue weighted by atomic mass is 127. The van der Waals surface area contributed by atoms with Crippen LogP contribution >= 0.6 is 44.2 Å². The molecule has 7 nitrogen and oxygen atoms in total. The number of piperazine rings is 1. The van der Waals surface area contributed by atoms with Crippen LogP contribution in [0.3, 0.4) is 0 Å². The number of carbonyl (C=O) groups excluding carboxylic acids is 2. The molecule has 1 N–H and O–H groups in total. The van der Waals surface area contributed by atoms with E-state index in [1.807, 2.05) is 31.2 Å². The van der Waals surface area contributed by atoms with Gasteiger partial charge in [0.15, 0.2) is 10.7 Å². The van der Waals surface area contributed by atoms with Crippen LogP contribution in [-0.2, 0) is 16.1 Å². The number of alkyl halides is 1. The van der Waals surface area contributed by atoms with Crippen LogP contribution in [0, 0.1) is 6.92 Å². The van der Waals surface area contributed by atoms with Gasteiger partial charge in [0.1, 0.15) is 0 Å². The lowest BCUT2D eigenvalue weighted by atomic mass is 10.0. The normalized spacial score (nSPS) is 19.8. The van der Waals surface area contributed by atoms with Gasteiger partial charge in [-0.1, -0.05) is 52.4 Å². The fourth-order valence-corrected chi connectivity index (χ4v) is 5.26. The Morgan fingerprint density at radius 2 is 1.84 bits per heavy atom. The lowest BCUT2D eigenvalue weighted by Crippen LogP contribution is -2.51. The van der Waals surface area contributed by atoms with Crippen molar-refractivity contribution >= 4 is 56.2 Å². The number of halogens is 2. The van der Waals surface area contributed by atoms with Crippen molar-refractivity contribution < 1.29 is 19.4 Å². The van der Waals surface area contributed by atoms with Gasteiger partial charge in [0, 0.05) is 45.8 Å². The number of amides is 2. The zero-order valence-electron chi connectivity index (χ0n) is 18.4. The molecule has 2 amide bonds. The van der Waals surface area contributed by atoms with Crippen molar-refractivity contribution in [2.75, 3.05) is 43.7 Å². The zero-order valence-corrected chi connectivity index (χ0v) is 22.1. The largest absolute Gasteiger partial charge is 0.503 e. The van der Waals surface area contributed by atoms with Crippen molar-refractivity contribution in [3.05, 3.63) is 46.7 Å². The fourth-order valence-electron chi connectivity index (χ4n) is 3.68. The Morgan fingerprint density at radius 3 is 2.44 bits per heavy atom. The maximum absolute atomic E-state index is 12.7. The van der Waals surface area contributed by atoms with E-state index in [4.69, 9.17) is 15.4 Å². The maximum atomic E-state index is 12.7. The summed E-state index contributed by atoms with van der Waals surface area (Å²) in [5.41, 5.74) is 2.99. The summed E-state index contributed by atoms with van der Waals surface area (Å²) < 4.78 is 6.14. The molecular weight excluding hydrogens is 565 g/mol. The molecule has 1 aromatic rings. The molecule has 2 aliphatic heterocycles. The van der Waals surface area contributed by atoms with Gasteiger partial charge in [-0.2, -0.15) is 0 Å². The average molecular weight is 594 g/mol. The van der Waals surface area contributed by atoms with Crippen LogP contribution in [0.25, 0.3) is 0 Å². The summed E-state index contributed by atoms with van der Waals surface area (Å²) in [5.74, 6) is -0.451. The first-order valence-electron chi connectivity index (χ1n) is 10.6. The summed E-state index contributed by atoms with van der Waals surface area (Å²) in [6.07, 6.45) is 0.283. The molecule has 0 aromatic heterocycles. The molecule has 32 heavy (non-hydrogen) atoms. The molecule has 0 bridgehead atoms. The highest BCUT2D eigenvalue weighted by Gasteiger charge is 2.33. The summed E-state index contributed by atoms with van der Waals surface area (Å²) >= 11 is 2.15. The number of aliphatic hydroxyl groups is 1. The summed E-state index contributed by atoms with van der Waals surface area (Å²) in [5, 5.41) is 10.5. The van der Waals surface area contributed by atoms with E-state index in [1.165, 1.54) is 5.56 Å². The highest BCUT2D eigenvalue weighted by Crippen LogP contribution is 2.32. The molecule has 10 heteroatoms. The Hall–Kier alpha value is -1.17. The Balaban J connectivity index is 1.51. The van der Waals surface area contributed by atoms with Crippen LogP contribution in [-0.4, -0.2) is 80.4 Å². The van der Waals surface area contributed by atoms with Crippen LogP contribution in [0.4, 0.5) is 4.79 Å². The SMILES string of the molecule is Cc1ccc(CN2CCC(CN3CCN(C(=O)OC(C)(CI)SCl)CC3)=C(O)C2=O)cc1. The third-order valence-corrected chi connectivity index (χ3v) is 9.26. The van der Waals surface area contributed by atoms with Gasteiger partial charge >= 0.3 is 6.09 Å². The highest BCUT2D eigenvalue weighted by molar-refractivity contribution is 14.1. The van der Waals surface area contributed by atoms with Crippen molar-refractivity contribution in [2.24, 2.45) is 0 Å². The molecule has 2 aliphatic rings. The predicted molar refractivity (Wildman–Crippen MR) is 136 cm³/mol. The number of aryl methyl sites for hydroxylation is 1. The van der Waals surface area contributed by atoms with Crippen molar-refractivity contribution in [3.63, 3.8) is 0 Å². The summed E-state index contributed by atoms with van der Waals surface area (Å²) in [7, 11) is 6.86. The van der Waals surface area contributed by atoms with Gasteiger partial charge < -0.3 is 19.6 Å². The first-order valence-corrected chi connectivity index (χ1v) is 13.7. The smallest absolute Gasteiger partial charge is 0.411 e. The number of carbonyl (C=O) groups is 2. The van der Waals surface area contributed by atoms with Gasteiger partial charge in [-0.05, 0) is 53.1 Å². The Kier molecular flexibility index (Phi) is 8.99. The number of ether oxygens (including phenoxy) is 1. The molecule has 3 rings (SSSR count). The van der Waals surface area contributed by atoms with Crippen LogP contribution in [0.1, 0.15) is 24.5 Å². The van der Waals surface area contributed by atoms with Crippen molar-refractivity contribution in [2.45, 2.75) is 31.7 Å². The Bertz CT molecular complexity index is 855. The van der Waals surface area contributed by atoms with E-state index in [2.05, 4.69) is 27.5 Å². The lowest BCUT2D eigenvalue weighted by Gasteiger charge is -2.37. The van der Waals surface area contributed by atoms with E-state index in [9.17, 15) is 14.7 Å². The number of nitrogens with zero attached hydrogens (tertiary/aromatic N) is 3. The monoisotopic (exact) mass is 593 g/mol. The lowest BCUT2D eigenvalue weighted by molar-refractivity contribution is -0.131. The Morgan fingerprint density at radius 1 is 1.19 bits per heavy atom. The topological polar surface area (TPSA) is 73.3 Å². The average Bonchev–Trinajstić information content (AvgIpc) is 2.80. The van der Waals surface area contributed by atoms with Crippen LogP contribution in [0.15, 0.2) is 35.6 Å². The third kappa shape index (κ3) is 6.45. The molecule has 2 heterocycles. The molecule has 0 spiro atoms. The molecule has 1 saturated heterocycles. The van der Waals surface area contributed by atoms with E-state index in [-0.39, 0.29) is 17.8 Å². The van der Waals surface area contributed by atoms with E-state index < -0.39 is 4.93 Å². The maximum Gasteiger partial charge on any atom is 0.411 e.